The fraction of sp³-hybridized carbons (Fsp3) is 0.786. The van der Waals surface area contributed by atoms with Crippen LogP contribution in [0.15, 0.2) is 0 Å². The number of terminal acetylenes is 1. The first-order chi connectivity index (χ1) is 8.27. The Balaban J connectivity index is 2.40. The van der Waals surface area contributed by atoms with E-state index in [4.69, 9.17) is 6.42 Å². The first-order valence-corrected chi connectivity index (χ1v) is 6.72. The Bertz CT molecular complexity index is 264. The van der Waals surface area contributed by atoms with Gasteiger partial charge in [0.15, 0.2) is 0 Å². The molecule has 1 amide bonds. The predicted molar refractivity (Wildman–Crippen MR) is 70.6 cm³/mol. The van der Waals surface area contributed by atoms with Crippen LogP contribution in [0.25, 0.3) is 0 Å². The number of hydrogen-bond acceptors (Lipinski definition) is 2. The molecule has 1 saturated heterocycles. The maximum absolute atomic E-state index is 12.0. The van der Waals surface area contributed by atoms with Gasteiger partial charge in [-0.3, -0.25) is 4.79 Å². The first kappa shape index (κ1) is 14.1. The molecular weight excluding hydrogens is 212 g/mol. The van der Waals surface area contributed by atoms with Crippen molar-refractivity contribution in [3.05, 3.63) is 0 Å². The lowest BCUT2D eigenvalue weighted by molar-refractivity contribution is -0.131. The lowest BCUT2D eigenvalue weighted by Gasteiger charge is -2.30. The molecule has 1 rings (SSSR count). The number of carbonyl (C=O) groups is 1. The Kier molecular flexibility index (Phi) is 6.73. The molecule has 1 N–H and O–H groups in total. The molecule has 3 heteroatoms. The molecule has 0 bridgehead atoms. The average Bonchev–Trinajstić information content (AvgIpc) is 2.36. The SMILES string of the molecule is C#CCCC(=O)N(CCC)CC1CCCCN1. The molecule has 0 aromatic rings. The van der Waals surface area contributed by atoms with Crippen LogP contribution < -0.4 is 5.32 Å². The molecule has 1 aliphatic rings. The third-order valence-corrected chi connectivity index (χ3v) is 3.18. The molecule has 17 heavy (non-hydrogen) atoms. The monoisotopic (exact) mass is 236 g/mol. The zero-order valence-corrected chi connectivity index (χ0v) is 10.9. The molecule has 1 aliphatic heterocycles. The molecule has 0 saturated carbocycles. The number of carbonyl (C=O) groups excluding carboxylic acids is 1. The summed E-state index contributed by atoms with van der Waals surface area (Å²) in [5, 5.41) is 3.48. The molecule has 96 valence electrons. The van der Waals surface area contributed by atoms with Crippen LogP contribution in [-0.2, 0) is 4.79 Å². The van der Waals surface area contributed by atoms with Gasteiger partial charge in [0.25, 0.3) is 0 Å². The second-order valence-corrected chi connectivity index (χ2v) is 4.69. The second kappa shape index (κ2) is 8.14. The summed E-state index contributed by atoms with van der Waals surface area (Å²) in [6.07, 6.45) is 11.0. The second-order valence-electron chi connectivity index (χ2n) is 4.69. The summed E-state index contributed by atoms with van der Waals surface area (Å²) >= 11 is 0. The third-order valence-electron chi connectivity index (χ3n) is 3.18. The minimum atomic E-state index is 0.206. The van der Waals surface area contributed by atoms with Gasteiger partial charge in [0.2, 0.25) is 5.91 Å². The van der Waals surface area contributed by atoms with E-state index in [9.17, 15) is 4.79 Å². The quantitative estimate of drug-likeness (QED) is 0.713. The van der Waals surface area contributed by atoms with E-state index in [1.807, 2.05) is 4.90 Å². The van der Waals surface area contributed by atoms with Crippen LogP contribution in [0.5, 0.6) is 0 Å². The van der Waals surface area contributed by atoms with Gasteiger partial charge in [-0.15, -0.1) is 12.3 Å². The number of nitrogens with one attached hydrogen (secondary N) is 1. The van der Waals surface area contributed by atoms with E-state index in [2.05, 4.69) is 18.2 Å². The highest BCUT2D eigenvalue weighted by Crippen LogP contribution is 2.10. The van der Waals surface area contributed by atoms with Crippen molar-refractivity contribution in [3.63, 3.8) is 0 Å². The smallest absolute Gasteiger partial charge is 0.223 e. The third kappa shape index (κ3) is 5.23. The van der Waals surface area contributed by atoms with Crippen molar-refractivity contribution in [2.75, 3.05) is 19.6 Å². The van der Waals surface area contributed by atoms with Gasteiger partial charge in [-0.1, -0.05) is 13.3 Å². The number of rotatable bonds is 6. The van der Waals surface area contributed by atoms with E-state index in [1.54, 1.807) is 0 Å². The van der Waals surface area contributed by atoms with E-state index < -0.39 is 0 Å². The van der Waals surface area contributed by atoms with Crippen LogP contribution in [-0.4, -0.2) is 36.5 Å². The van der Waals surface area contributed by atoms with Crippen LogP contribution in [0.1, 0.15) is 45.4 Å². The number of hydrogen-bond donors (Lipinski definition) is 1. The van der Waals surface area contributed by atoms with Gasteiger partial charge < -0.3 is 10.2 Å². The molecule has 0 spiro atoms. The molecule has 3 nitrogen and oxygen atoms in total. The molecule has 1 heterocycles. The summed E-state index contributed by atoms with van der Waals surface area (Å²) in [5.74, 6) is 2.74. The Morgan fingerprint density at radius 1 is 1.53 bits per heavy atom. The van der Waals surface area contributed by atoms with Crippen LogP contribution in [0, 0.1) is 12.3 Å². The fourth-order valence-electron chi connectivity index (χ4n) is 2.27. The lowest BCUT2D eigenvalue weighted by Crippen LogP contribution is -2.46. The van der Waals surface area contributed by atoms with Gasteiger partial charge in [0.05, 0.1) is 0 Å². The molecular formula is C14H24N2O. The summed E-state index contributed by atoms with van der Waals surface area (Å²) in [6.45, 7) is 4.89. The van der Waals surface area contributed by atoms with Gasteiger partial charge in [0, 0.05) is 32.0 Å². The Labute approximate surface area is 105 Å². The molecule has 1 fully saturated rings. The highest BCUT2D eigenvalue weighted by Gasteiger charge is 2.19. The maximum Gasteiger partial charge on any atom is 0.223 e. The van der Waals surface area contributed by atoms with Gasteiger partial charge in [0.1, 0.15) is 0 Å². The molecule has 0 aromatic heterocycles. The summed E-state index contributed by atoms with van der Waals surface area (Å²) in [5.41, 5.74) is 0. The number of nitrogens with zero attached hydrogens (tertiary/aromatic N) is 1. The van der Waals surface area contributed by atoms with Crippen molar-refractivity contribution in [1.82, 2.24) is 10.2 Å². The zero-order chi connectivity index (χ0) is 12.5. The van der Waals surface area contributed by atoms with E-state index in [-0.39, 0.29) is 5.91 Å². The van der Waals surface area contributed by atoms with E-state index >= 15 is 0 Å². The largest absolute Gasteiger partial charge is 0.341 e. The minimum Gasteiger partial charge on any atom is -0.341 e. The van der Waals surface area contributed by atoms with E-state index in [1.165, 1.54) is 19.3 Å². The topological polar surface area (TPSA) is 32.3 Å². The van der Waals surface area contributed by atoms with Crippen molar-refractivity contribution < 1.29 is 4.79 Å². The molecule has 0 aliphatic carbocycles. The summed E-state index contributed by atoms with van der Waals surface area (Å²) in [7, 11) is 0. The highest BCUT2D eigenvalue weighted by atomic mass is 16.2. The van der Waals surface area contributed by atoms with Crippen molar-refractivity contribution in [3.8, 4) is 12.3 Å². The van der Waals surface area contributed by atoms with E-state index in [0.717, 1.165) is 26.1 Å². The Hall–Kier alpha value is -1.01. The number of amides is 1. The van der Waals surface area contributed by atoms with Gasteiger partial charge >= 0.3 is 0 Å². The van der Waals surface area contributed by atoms with Crippen molar-refractivity contribution >= 4 is 5.91 Å². The first-order valence-electron chi connectivity index (χ1n) is 6.72. The normalized spacial score (nSPS) is 19.6. The van der Waals surface area contributed by atoms with Crippen molar-refractivity contribution in [2.24, 2.45) is 0 Å². The molecule has 1 atom stereocenters. The summed E-state index contributed by atoms with van der Waals surface area (Å²) in [6, 6.07) is 0.477. The van der Waals surface area contributed by atoms with Crippen LogP contribution >= 0.6 is 0 Å². The van der Waals surface area contributed by atoms with Gasteiger partial charge in [-0.2, -0.15) is 0 Å². The Morgan fingerprint density at radius 3 is 2.94 bits per heavy atom. The van der Waals surface area contributed by atoms with Crippen LogP contribution in [0.2, 0.25) is 0 Å². The number of piperidine rings is 1. The van der Waals surface area contributed by atoms with Crippen LogP contribution in [0.3, 0.4) is 0 Å². The fourth-order valence-corrected chi connectivity index (χ4v) is 2.27. The summed E-state index contributed by atoms with van der Waals surface area (Å²) in [4.78, 5) is 13.9. The minimum absolute atomic E-state index is 0.206. The molecule has 0 aromatic carbocycles. The van der Waals surface area contributed by atoms with E-state index in [0.29, 0.717) is 18.9 Å². The average molecular weight is 236 g/mol. The van der Waals surface area contributed by atoms with Crippen LogP contribution in [0.4, 0.5) is 0 Å². The summed E-state index contributed by atoms with van der Waals surface area (Å²) < 4.78 is 0. The zero-order valence-electron chi connectivity index (χ0n) is 10.9. The standard InChI is InChI=1S/C14H24N2O/c1-3-5-9-14(17)16(11-4-2)12-13-8-6-7-10-15-13/h1,13,15H,4-12H2,2H3. The van der Waals surface area contributed by atoms with Crippen molar-refractivity contribution in [1.29, 1.82) is 0 Å². The lowest BCUT2D eigenvalue weighted by atomic mass is 10.0. The maximum atomic E-state index is 12.0. The highest BCUT2D eigenvalue weighted by molar-refractivity contribution is 5.76. The van der Waals surface area contributed by atoms with Gasteiger partial charge in [-0.25, -0.2) is 0 Å². The predicted octanol–water partition coefficient (Wildman–Crippen LogP) is 1.78. The molecule has 1 unspecified atom stereocenters. The van der Waals surface area contributed by atoms with Crippen molar-refractivity contribution in [2.45, 2.75) is 51.5 Å². The Morgan fingerprint density at radius 2 is 2.35 bits per heavy atom. The molecule has 0 radical (unpaired) electrons. The van der Waals surface area contributed by atoms with Gasteiger partial charge in [-0.05, 0) is 25.8 Å².